The molecule has 0 radical (unpaired) electrons. The summed E-state index contributed by atoms with van der Waals surface area (Å²) in [6.07, 6.45) is 6.03. The summed E-state index contributed by atoms with van der Waals surface area (Å²) < 4.78 is 0. The van der Waals surface area contributed by atoms with E-state index in [4.69, 9.17) is 5.11 Å². The molecule has 0 aliphatic heterocycles. The summed E-state index contributed by atoms with van der Waals surface area (Å²) >= 11 is 1.55. The number of hydrogen-bond donors (Lipinski definition) is 2. The van der Waals surface area contributed by atoms with E-state index >= 15 is 0 Å². The van der Waals surface area contributed by atoms with Crippen molar-refractivity contribution in [1.82, 2.24) is 9.88 Å². The molecule has 5 nitrogen and oxygen atoms in total. The Morgan fingerprint density at radius 2 is 2.30 bits per heavy atom. The molecule has 0 bridgehead atoms. The van der Waals surface area contributed by atoms with Crippen LogP contribution in [0.1, 0.15) is 37.8 Å². The van der Waals surface area contributed by atoms with Gasteiger partial charge < -0.3 is 15.3 Å². The summed E-state index contributed by atoms with van der Waals surface area (Å²) in [4.78, 5) is 17.3. The van der Waals surface area contributed by atoms with Gasteiger partial charge >= 0.3 is 5.97 Å². The maximum absolute atomic E-state index is 10.5. The van der Waals surface area contributed by atoms with E-state index in [0.29, 0.717) is 6.42 Å². The molecular formula is C14H23N3O2S. The number of nitrogens with zero attached hydrogens (tertiary/aromatic N) is 2. The van der Waals surface area contributed by atoms with E-state index in [1.807, 2.05) is 5.38 Å². The van der Waals surface area contributed by atoms with Gasteiger partial charge in [0.05, 0.1) is 12.1 Å². The first-order chi connectivity index (χ1) is 9.65. The molecule has 1 aliphatic rings. The highest BCUT2D eigenvalue weighted by atomic mass is 32.1. The van der Waals surface area contributed by atoms with Crippen LogP contribution < -0.4 is 5.32 Å². The molecule has 1 fully saturated rings. The number of nitrogens with one attached hydrogen (secondary N) is 1. The van der Waals surface area contributed by atoms with E-state index in [-0.39, 0.29) is 6.42 Å². The molecule has 20 heavy (non-hydrogen) atoms. The molecule has 1 aromatic heterocycles. The molecule has 1 aliphatic carbocycles. The molecule has 0 spiro atoms. The van der Waals surface area contributed by atoms with Crippen LogP contribution in [0.15, 0.2) is 5.38 Å². The van der Waals surface area contributed by atoms with Crippen molar-refractivity contribution in [1.29, 1.82) is 0 Å². The van der Waals surface area contributed by atoms with Crippen LogP contribution in [0, 0.1) is 0 Å². The van der Waals surface area contributed by atoms with Gasteiger partial charge in [0.1, 0.15) is 0 Å². The third-order valence-corrected chi connectivity index (χ3v) is 4.68. The zero-order chi connectivity index (χ0) is 14.4. The number of likely N-dealkylation sites (N-methyl/N-ethyl adjacent to an activating group) is 1. The summed E-state index contributed by atoms with van der Waals surface area (Å²) in [6, 6.07) is 0.749. The predicted octanol–water partition coefficient (Wildman–Crippen LogP) is 2.45. The lowest BCUT2D eigenvalue weighted by Gasteiger charge is -2.23. The van der Waals surface area contributed by atoms with Gasteiger partial charge in [-0.1, -0.05) is 12.8 Å². The fourth-order valence-electron chi connectivity index (χ4n) is 2.60. The first-order valence-corrected chi connectivity index (χ1v) is 8.13. The van der Waals surface area contributed by atoms with Gasteiger partial charge in [0.2, 0.25) is 0 Å². The summed E-state index contributed by atoms with van der Waals surface area (Å²) in [5.41, 5.74) is 0.865. The standard InChI is InChI=1S/C14H23N3O2S/c1-17(12-4-2-3-5-12)9-8-15-14-16-11(10-20-14)6-7-13(18)19/h10,12H,2-9H2,1H3,(H,15,16)(H,18,19). The Morgan fingerprint density at radius 3 is 3.00 bits per heavy atom. The van der Waals surface area contributed by atoms with Crippen molar-refractivity contribution in [3.05, 3.63) is 11.1 Å². The van der Waals surface area contributed by atoms with Crippen LogP contribution in [-0.2, 0) is 11.2 Å². The van der Waals surface area contributed by atoms with Crippen LogP contribution in [0.3, 0.4) is 0 Å². The Balaban J connectivity index is 1.67. The highest BCUT2D eigenvalue weighted by Gasteiger charge is 2.18. The van der Waals surface area contributed by atoms with Crippen LogP contribution in [-0.4, -0.2) is 47.1 Å². The van der Waals surface area contributed by atoms with Crippen molar-refractivity contribution in [2.45, 2.75) is 44.6 Å². The average Bonchev–Trinajstić information content (AvgIpc) is 3.08. The maximum Gasteiger partial charge on any atom is 0.303 e. The number of carboxylic acid groups (broad SMARTS) is 1. The summed E-state index contributed by atoms with van der Waals surface area (Å²) in [6.45, 7) is 1.91. The highest BCUT2D eigenvalue weighted by Crippen LogP contribution is 2.22. The zero-order valence-electron chi connectivity index (χ0n) is 12.0. The number of hydrogen-bond acceptors (Lipinski definition) is 5. The molecule has 2 rings (SSSR count). The van der Waals surface area contributed by atoms with Gasteiger partial charge in [-0.2, -0.15) is 0 Å². The molecule has 0 unspecified atom stereocenters. The van der Waals surface area contributed by atoms with Crippen molar-refractivity contribution in [2.75, 3.05) is 25.5 Å². The lowest BCUT2D eigenvalue weighted by atomic mass is 10.2. The predicted molar refractivity (Wildman–Crippen MR) is 81.4 cm³/mol. The van der Waals surface area contributed by atoms with E-state index in [1.165, 1.54) is 25.7 Å². The highest BCUT2D eigenvalue weighted by molar-refractivity contribution is 7.13. The fraction of sp³-hybridized carbons (Fsp3) is 0.714. The largest absolute Gasteiger partial charge is 0.481 e. The number of carboxylic acids is 1. The maximum atomic E-state index is 10.5. The van der Waals surface area contributed by atoms with Gasteiger partial charge in [-0.3, -0.25) is 4.79 Å². The van der Waals surface area contributed by atoms with Crippen LogP contribution >= 0.6 is 11.3 Å². The molecule has 1 aromatic rings. The molecule has 0 atom stereocenters. The van der Waals surface area contributed by atoms with Gasteiger partial charge in [-0.15, -0.1) is 11.3 Å². The van der Waals surface area contributed by atoms with E-state index in [1.54, 1.807) is 11.3 Å². The Hall–Kier alpha value is -1.14. The molecule has 1 saturated carbocycles. The van der Waals surface area contributed by atoms with E-state index in [2.05, 4.69) is 22.2 Å². The van der Waals surface area contributed by atoms with Crippen molar-refractivity contribution in [3.8, 4) is 0 Å². The Labute approximate surface area is 124 Å². The van der Waals surface area contributed by atoms with Crippen LogP contribution in [0.5, 0.6) is 0 Å². The SMILES string of the molecule is CN(CCNc1nc(CCC(=O)O)cs1)C1CCCC1. The topological polar surface area (TPSA) is 65.5 Å². The van der Waals surface area contributed by atoms with Gasteiger partial charge in [0, 0.05) is 30.9 Å². The van der Waals surface area contributed by atoms with Crippen molar-refractivity contribution >= 4 is 22.4 Å². The fourth-order valence-corrected chi connectivity index (χ4v) is 3.38. The number of rotatable bonds is 8. The molecule has 2 N–H and O–H groups in total. The van der Waals surface area contributed by atoms with E-state index < -0.39 is 5.97 Å². The van der Waals surface area contributed by atoms with Crippen LogP contribution in [0.2, 0.25) is 0 Å². The third-order valence-electron chi connectivity index (χ3n) is 3.84. The minimum atomic E-state index is -0.773. The number of aryl methyl sites for hydroxylation is 1. The minimum absolute atomic E-state index is 0.146. The Morgan fingerprint density at radius 1 is 1.55 bits per heavy atom. The van der Waals surface area contributed by atoms with Crippen LogP contribution in [0.25, 0.3) is 0 Å². The normalized spacial score (nSPS) is 15.9. The van der Waals surface area contributed by atoms with E-state index in [9.17, 15) is 4.79 Å². The van der Waals surface area contributed by atoms with Crippen molar-refractivity contribution in [3.63, 3.8) is 0 Å². The summed E-state index contributed by atoms with van der Waals surface area (Å²) in [5, 5.41) is 14.8. The number of aromatic nitrogens is 1. The first kappa shape index (κ1) is 15.3. The van der Waals surface area contributed by atoms with Gasteiger partial charge in [-0.25, -0.2) is 4.98 Å². The summed E-state index contributed by atoms with van der Waals surface area (Å²) in [5.74, 6) is -0.773. The second-order valence-electron chi connectivity index (χ2n) is 5.38. The second kappa shape index (κ2) is 7.59. The summed E-state index contributed by atoms with van der Waals surface area (Å²) in [7, 11) is 2.19. The second-order valence-corrected chi connectivity index (χ2v) is 6.24. The monoisotopic (exact) mass is 297 g/mol. The third kappa shape index (κ3) is 4.76. The molecule has 6 heteroatoms. The van der Waals surface area contributed by atoms with E-state index in [0.717, 1.165) is 30.0 Å². The molecule has 0 amide bonds. The lowest BCUT2D eigenvalue weighted by Crippen LogP contribution is -2.33. The number of anilines is 1. The lowest BCUT2D eigenvalue weighted by molar-refractivity contribution is -0.136. The minimum Gasteiger partial charge on any atom is -0.481 e. The van der Waals surface area contributed by atoms with Gasteiger partial charge in [0.25, 0.3) is 0 Å². The number of aliphatic carboxylic acids is 1. The van der Waals surface area contributed by atoms with Gasteiger partial charge in [0.15, 0.2) is 5.13 Å². The molecule has 112 valence electrons. The molecule has 1 heterocycles. The van der Waals surface area contributed by atoms with Crippen molar-refractivity contribution < 1.29 is 9.90 Å². The molecular weight excluding hydrogens is 274 g/mol. The molecule has 0 aromatic carbocycles. The average molecular weight is 297 g/mol. The van der Waals surface area contributed by atoms with Crippen LogP contribution in [0.4, 0.5) is 5.13 Å². The zero-order valence-corrected chi connectivity index (χ0v) is 12.8. The Kier molecular flexibility index (Phi) is 5.79. The van der Waals surface area contributed by atoms with Gasteiger partial charge in [-0.05, 0) is 19.9 Å². The quantitative estimate of drug-likeness (QED) is 0.771. The number of thiazole rings is 1. The molecule has 0 saturated heterocycles. The van der Waals surface area contributed by atoms with Crippen molar-refractivity contribution in [2.24, 2.45) is 0 Å². The number of carbonyl (C=O) groups is 1. The smallest absolute Gasteiger partial charge is 0.303 e. The Bertz CT molecular complexity index is 430. The first-order valence-electron chi connectivity index (χ1n) is 7.25.